The van der Waals surface area contributed by atoms with Gasteiger partial charge in [-0.1, -0.05) is 6.42 Å². The Morgan fingerprint density at radius 3 is 2.71 bits per heavy atom. The number of nitrogens with one attached hydrogen (secondary N) is 1. The Bertz CT molecular complexity index is 748. The molecular formula is C18H18N2O3S. The first kappa shape index (κ1) is 16.5. The van der Waals surface area contributed by atoms with E-state index in [0.717, 1.165) is 25.7 Å². The van der Waals surface area contributed by atoms with Crippen LogP contribution in [0.25, 0.3) is 0 Å². The molecule has 6 heteroatoms. The highest BCUT2D eigenvalue weighted by atomic mass is 32.1. The molecule has 1 aromatic carbocycles. The number of rotatable bonds is 4. The van der Waals surface area contributed by atoms with Gasteiger partial charge in [0.15, 0.2) is 0 Å². The number of nitriles is 1. The average Bonchev–Trinajstić information content (AvgIpc) is 3.07. The summed E-state index contributed by atoms with van der Waals surface area (Å²) in [4.78, 5) is 12.6. The Labute approximate surface area is 144 Å². The second-order valence-corrected chi connectivity index (χ2v) is 6.68. The van der Waals surface area contributed by atoms with Crippen LogP contribution < -0.4 is 10.1 Å². The third kappa shape index (κ3) is 3.75. The van der Waals surface area contributed by atoms with Crippen LogP contribution in [0.5, 0.6) is 5.75 Å². The monoisotopic (exact) mass is 342 g/mol. The summed E-state index contributed by atoms with van der Waals surface area (Å²) >= 11 is 1.24. The Balaban J connectivity index is 1.62. The third-order valence-electron chi connectivity index (χ3n) is 4.06. The minimum absolute atomic E-state index is 0.163. The Hall–Kier alpha value is -2.36. The summed E-state index contributed by atoms with van der Waals surface area (Å²) in [5.41, 5.74) is 1.01. The number of nitrogens with zero attached hydrogens (tertiary/aromatic N) is 1. The molecule has 1 heterocycles. The fourth-order valence-electron chi connectivity index (χ4n) is 2.77. The molecule has 2 aromatic rings. The summed E-state index contributed by atoms with van der Waals surface area (Å²) in [7, 11) is 0. The number of hydrogen-bond donors (Lipinski definition) is 2. The van der Waals surface area contributed by atoms with E-state index in [0.29, 0.717) is 21.9 Å². The number of hydrogen-bond acceptors (Lipinski definition) is 5. The lowest BCUT2D eigenvalue weighted by Gasteiger charge is -2.28. The summed E-state index contributed by atoms with van der Waals surface area (Å²) in [5.74, 6) is 0.380. The van der Waals surface area contributed by atoms with Gasteiger partial charge in [0.05, 0.1) is 11.7 Å². The van der Waals surface area contributed by atoms with Crippen molar-refractivity contribution in [2.75, 3.05) is 5.32 Å². The average molecular weight is 342 g/mol. The van der Waals surface area contributed by atoms with Gasteiger partial charge in [0, 0.05) is 5.69 Å². The van der Waals surface area contributed by atoms with Gasteiger partial charge >= 0.3 is 0 Å². The summed E-state index contributed by atoms with van der Waals surface area (Å²) < 4.78 is 5.83. The van der Waals surface area contributed by atoms with Gasteiger partial charge in [0.1, 0.15) is 22.8 Å². The molecule has 0 saturated heterocycles. The predicted molar refractivity (Wildman–Crippen MR) is 92.3 cm³/mol. The number of carbonyl (C=O) groups excluding carboxylic acids is 1. The summed E-state index contributed by atoms with van der Waals surface area (Å²) in [6.45, 7) is 0. The van der Waals surface area contributed by atoms with Gasteiger partial charge < -0.3 is 15.2 Å². The Morgan fingerprint density at radius 2 is 2.00 bits per heavy atom. The number of amides is 1. The number of ether oxygens (including phenoxy) is 1. The van der Waals surface area contributed by atoms with Crippen LogP contribution in [-0.4, -0.2) is 23.2 Å². The number of aliphatic hydroxyl groups excluding tert-OH is 1. The zero-order chi connectivity index (χ0) is 16.9. The highest BCUT2D eigenvalue weighted by molar-refractivity contribution is 7.12. The molecular weight excluding hydrogens is 324 g/mol. The first-order valence-corrected chi connectivity index (χ1v) is 8.79. The van der Waals surface area contributed by atoms with Crippen molar-refractivity contribution in [3.05, 3.63) is 46.2 Å². The van der Waals surface area contributed by atoms with Gasteiger partial charge in [-0.25, -0.2) is 0 Å². The number of benzene rings is 1. The molecule has 1 saturated carbocycles. The zero-order valence-corrected chi connectivity index (χ0v) is 13.9. The molecule has 1 fully saturated rings. The minimum atomic E-state index is -0.415. The smallest absolute Gasteiger partial charge is 0.267 e. The molecule has 5 nitrogen and oxygen atoms in total. The van der Waals surface area contributed by atoms with Crippen LogP contribution in [0.2, 0.25) is 0 Å². The van der Waals surface area contributed by atoms with Crippen molar-refractivity contribution in [2.24, 2.45) is 0 Å². The van der Waals surface area contributed by atoms with E-state index in [2.05, 4.69) is 5.32 Å². The maximum atomic E-state index is 12.2. The maximum Gasteiger partial charge on any atom is 0.267 e. The van der Waals surface area contributed by atoms with Gasteiger partial charge in [0.25, 0.3) is 5.91 Å². The molecule has 1 amide bonds. The summed E-state index contributed by atoms with van der Waals surface area (Å²) in [6, 6.07) is 10.7. The highest BCUT2D eigenvalue weighted by Crippen LogP contribution is 2.25. The standard InChI is InChI=1S/C18H18N2O3S/c19-11-12-9-10-24-17(12)18(22)20-13-5-7-14(8-6-13)23-16-4-2-1-3-15(16)21/h5-10,15-16,21H,1-4H2,(H,20,22). The van der Waals surface area contributed by atoms with E-state index in [1.54, 1.807) is 35.7 Å². The van der Waals surface area contributed by atoms with Crippen molar-refractivity contribution in [2.45, 2.75) is 37.9 Å². The highest BCUT2D eigenvalue weighted by Gasteiger charge is 2.24. The van der Waals surface area contributed by atoms with E-state index in [1.165, 1.54) is 11.3 Å². The van der Waals surface area contributed by atoms with Crippen LogP contribution in [0.3, 0.4) is 0 Å². The van der Waals surface area contributed by atoms with Crippen LogP contribution in [0, 0.1) is 11.3 Å². The number of carbonyl (C=O) groups is 1. The van der Waals surface area contributed by atoms with Crippen molar-refractivity contribution in [1.82, 2.24) is 0 Å². The minimum Gasteiger partial charge on any atom is -0.488 e. The lowest BCUT2D eigenvalue weighted by Crippen LogP contribution is -2.34. The SMILES string of the molecule is N#Cc1ccsc1C(=O)Nc1ccc(OC2CCCCC2O)cc1. The quantitative estimate of drug-likeness (QED) is 0.890. The number of anilines is 1. The lowest BCUT2D eigenvalue weighted by molar-refractivity contribution is 0.00688. The summed E-state index contributed by atoms with van der Waals surface area (Å²) in [5, 5.41) is 23.4. The molecule has 2 N–H and O–H groups in total. The van der Waals surface area contributed by atoms with Crippen molar-refractivity contribution >= 4 is 22.9 Å². The van der Waals surface area contributed by atoms with Crippen LogP contribution in [0.1, 0.15) is 40.9 Å². The molecule has 0 spiro atoms. The van der Waals surface area contributed by atoms with Crippen LogP contribution >= 0.6 is 11.3 Å². The molecule has 0 bridgehead atoms. The van der Waals surface area contributed by atoms with Gasteiger partial charge in [0.2, 0.25) is 0 Å². The molecule has 1 aliphatic rings. The number of aliphatic hydroxyl groups is 1. The molecule has 3 rings (SSSR count). The van der Waals surface area contributed by atoms with E-state index in [-0.39, 0.29) is 12.0 Å². The predicted octanol–water partition coefficient (Wildman–Crippen LogP) is 3.55. The fourth-order valence-corrected chi connectivity index (χ4v) is 3.51. The van der Waals surface area contributed by atoms with Crippen LogP contribution in [-0.2, 0) is 0 Å². The van der Waals surface area contributed by atoms with Crippen LogP contribution in [0.15, 0.2) is 35.7 Å². The molecule has 0 aliphatic heterocycles. The lowest BCUT2D eigenvalue weighted by atomic mass is 9.95. The zero-order valence-electron chi connectivity index (χ0n) is 13.1. The normalized spacial score (nSPS) is 20.2. The largest absolute Gasteiger partial charge is 0.488 e. The third-order valence-corrected chi connectivity index (χ3v) is 4.97. The van der Waals surface area contributed by atoms with Gasteiger partial charge in [-0.3, -0.25) is 4.79 Å². The Morgan fingerprint density at radius 1 is 1.25 bits per heavy atom. The second-order valence-electron chi connectivity index (χ2n) is 5.76. The first-order valence-electron chi connectivity index (χ1n) is 7.91. The van der Waals surface area contributed by atoms with E-state index >= 15 is 0 Å². The fraction of sp³-hybridized carbons (Fsp3) is 0.333. The van der Waals surface area contributed by atoms with E-state index < -0.39 is 6.10 Å². The van der Waals surface area contributed by atoms with Crippen molar-refractivity contribution in [3.63, 3.8) is 0 Å². The van der Waals surface area contributed by atoms with E-state index in [9.17, 15) is 9.90 Å². The van der Waals surface area contributed by atoms with E-state index in [1.807, 2.05) is 6.07 Å². The maximum absolute atomic E-state index is 12.2. The molecule has 0 radical (unpaired) electrons. The first-order chi connectivity index (χ1) is 11.7. The number of thiophene rings is 1. The summed E-state index contributed by atoms with van der Waals surface area (Å²) in [6.07, 6.45) is 3.16. The van der Waals surface area contributed by atoms with Gasteiger partial charge in [-0.05, 0) is 55.0 Å². The molecule has 24 heavy (non-hydrogen) atoms. The molecule has 124 valence electrons. The molecule has 1 aliphatic carbocycles. The van der Waals surface area contributed by atoms with E-state index in [4.69, 9.17) is 10.00 Å². The molecule has 2 unspecified atom stereocenters. The van der Waals surface area contributed by atoms with Crippen molar-refractivity contribution in [1.29, 1.82) is 5.26 Å². The topological polar surface area (TPSA) is 82.4 Å². The van der Waals surface area contributed by atoms with Gasteiger partial charge in [-0.15, -0.1) is 11.3 Å². The van der Waals surface area contributed by atoms with Crippen LogP contribution in [0.4, 0.5) is 5.69 Å². The Kier molecular flexibility index (Phi) is 5.14. The van der Waals surface area contributed by atoms with Crippen molar-refractivity contribution < 1.29 is 14.6 Å². The molecule has 1 aromatic heterocycles. The van der Waals surface area contributed by atoms with Crippen molar-refractivity contribution in [3.8, 4) is 11.8 Å². The second kappa shape index (κ2) is 7.47. The molecule has 2 atom stereocenters. The van der Waals surface area contributed by atoms with Gasteiger partial charge in [-0.2, -0.15) is 5.26 Å².